The van der Waals surface area contributed by atoms with E-state index in [1.54, 1.807) is 19.1 Å². The maximum Gasteiger partial charge on any atom is 0.327 e. The molecule has 298 valence electrons. The van der Waals surface area contributed by atoms with Gasteiger partial charge in [0.15, 0.2) is 11.2 Å². The van der Waals surface area contributed by atoms with Crippen LogP contribution in [0.5, 0.6) is 0 Å². The van der Waals surface area contributed by atoms with E-state index in [0.717, 1.165) is 16.7 Å². The van der Waals surface area contributed by atoms with Gasteiger partial charge in [-0.1, -0.05) is 0 Å². The van der Waals surface area contributed by atoms with Crippen molar-refractivity contribution in [2.75, 3.05) is 23.3 Å². The van der Waals surface area contributed by atoms with Crippen molar-refractivity contribution in [1.29, 1.82) is 0 Å². The molecule has 3 heterocycles. The van der Waals surface area contributed by atoms with Crippen molar-refractivity contribution in [1.82, 2.24) is 35.5 Å². The molecule has 0 saturated carbocycles. The highest BCUT2D eigenvalue weighted by Crippen LogP contribution is 2.26. The third-order valence-corrected chi connectivity index (χ3v) is 9.88. The molecule has 1 aliphatic heterocycles. The van der Waals surface area contributed by atoms with Gasteiger partial charge >= 0.3 is 17.9 Å². The normalized spacial score (nSPS) is 15.5. The largest absolute Gasteiger partial charge is 0.481 e. The number of aromatic nitrogens is 4. The lowest BCUT2D eigenvalue weighted by molar-refractivity contribution is -0.145. The Hall–Kier alpha value is -6.45. The van der Waals surface area contributed by atoms with Gasteiger partial charge in [0.25, 0.3) is 11.5 Å². The predicted molar refractivity (Wildman–Crippen MR) is 197 cm³/mol. The number of aromatic amines is 1. The fourth-order valence-electron chi connectivity index (χ4n) is 5.56. The quantitative estimate of drug-likeness (QED) is 0.0645. The van der Waals surface area contributed by atoms with Crippen molar-refractivity contribution in [3.05, 3.63) is 52.1 Å². The second kappa shape index (κ2) is 19.2. The van der Waals surface area contributed by atoms with Gasteiger partial charge in [0.05, 0.1) is 29.6 Å². The average Bonchev–Trinajstić information content (AvgIpc) is 3.43. The number of hydrogen-bond donors (Lipinski definition) is 8. The highest BCUT2D eigenvalue weighted by Gasteiger charge is 2.38. The molecule has 4 rings (SSSR count). The molecule has 2 aromatic heterocycles. The Bertz CT molecular complexity index is 2080. The maximum atomic E-state index is 12.8. The zero-order valence-electron chi connectivity index (χ0n) is 29.9. The van der Waals surface area contributed by atoms with E-state index < -0.39 is 89.5 Å². The molecule has 1 fully saturated rings. The Balaban J connectivity index is 1.22. The molecule has 21 nitrogen and oxygen atoms in total. The SMILES string of the molecule is CCN1C(=O)CC(SCC(NC(=O)CCC(CC(=O)CCC(NC(=O)c2ccc(NCc3cnc4nc(N)[nH]c(=O)c4n3)cc2)C(=O)O)C(=O)O)C(=O)O)C1=O. The van der Waals surface area contributed by atoms with Crippen molar-refractivity contribution < 1.29 is 53.7 Å². The van der Waals surface area contributed by atoms with Crippen LogP contribution in [0, 0.1) is 5.92 Å². The Kier molecular flexibility index (Phi) is 14.5. The molecular formula is C34H39N9O12S. The van der Waals surface area contributed by atoms with E-state index in [4.69, 9.17) is 5.73 Å². The summed E-state index contributed by atoms with van der Waals surface area (Å²) in [6.07, 6.45) is -0.764. The summed E-state index contributed by atoms with van der Waals surface area (Å²) in [5.41, 5.74) is 6.13. The lowest BCUT2D eigenvalue weighted by Gasteiger charge is -2.17. The van der Waals surface area contributed by atoms with E-state index >= 15 is 0 Å². The molecule has 0 bridgehead atoms. The first-order valence-corrected chi connectivity index (χ1v) is 18.2. The molecule has 1 aliphatic rings. The zero-order valence-corrected chi connectivity index (χ0v) is 30.7. The van der Waals surface area contributed by atoms with E-state index in [2.05, 4.69) is 35.9 Å². The van der Waals surface area contributed by atoms with Crippen LogP contribution in [0.15, 0.2) is 35.3 Å². The first-order valence-electron chi connectivity index (χ1n) is 17.2. The van der Waals surface area contributed by atoms with Crippen molar-refractivity contribution >= 4 is 81.9 Å². The number of anilines is 2. The van der Waals surface area contributed by atoms with Crippen LogP contribution in [0.1, 0.15) is 61.5 Å². The molecule has 4 atom stereocenters. The summed E-state index contributed by atoms with van der Waals surface area (Å²) in [5.74, 6) is -8.90. The lowest BCUT2D eigenvalue weighted by Crippen LogP contribution is -2.43. The van der Waals surface area contributed by atoms with Crippen molar-refractivity contribution in [2.24, 2.45) is 5.92 Å². The number of carbonyl (C=O) groups excluding carboxylic acids is 5. The number of amides is 4. The van der Waals surface area contributed by atoms with E-state index in [9.17, 15) is 58.5 Å². The summed E-state index contributed by atoms with van der Waals surface area (Å²) in [6, 6.07) is 3.02. The molecule has 1 saturated heterocycles. The van der Waals surface area contributed by atoms with Crippen molar-refractivity contribution in [3.63, 3.8) is 0 Å². The number of carbonyl (C=O) groups is 8. The number of nitrogens with two attached hydrogens (primary N) is 1. The van der Waals surface area contributed by atoms with Gasteiger partial charge in [0, 0.05) is 49.2 Å². The maximum absolute atomic E-state index is 12.8. The number of H-pyrrole nitrogens is 1. The number of thioether (sulfide) groups is 1. The summed E-state index contributed by atoms with van der Waals surface area (Å²) in [7, 11) is 0. The van der Waals surface area contributed by atoms with Gasteiger partial charge in [-0.3, -0.25) is 43.4 Å². The minimum Gasteiger partial charge on any atom is -0.481 e. The molecule has 0 aliphatic carbocycles. The molecule has 1 aromatic carbocycles. The second-order valence-corrected chi connectivity index (χ2v) is 13.8. The van der Waals surface area contributed by atoms with Gasteiger partial charge < -0.3 is 37.0 Å². The molecule has 22 heteroatoms. The molecule has 4 unspecified atom stereocenters. The standard InChI is InChI=1S/C34H39N9O12S/c1-2-43-25(46)12-23(30(43)49)56-15-22(33(54)55)39-24(45)10-5-17(31(50)51)11-20(44)8-9-21(32(52)53)40-28(47)16-3-6-18(7-4-16)36-13-19-14-37-27-26(38-19)29(48)42-34(35)41-27/h3-4,6-7,14,17,21-23,36H,2,5,8-13,15H2,1H3,(H,39,45)(H,40,47)(H,50,51)(H,52,53)(H,54,55)(H3,35,37,41,42,48). The number of likely N-dealkylation sites (tertiary alicyclic amines) is 1. The van der Waals surface area contributed by atoms with Crippen LogP contribution in [0.3, 0.4) is 0 Å². The summed E-state index contributed by atoms with van der Waals surface area (Å²) >= 11 is 0.912. The lowest BCUT2D eigenvalue weighted by atomic mass is 9.94. The number of nitrogens with one attached hydrogen (secondary N) is 4. The van der Waals surface area contributed by atoms with Gasteiger partial charge in [0.2, 0.25) is 23.7 Å². The summed E-state index contributed by atoms with van der Waals surface area (Å²) < 4.78 is 0. The number of carboxylic acids is 3. The van der Waals surface area contributed by atoms with Gasteiger partial charge in [-0.15, -0.1) is 11.8 Å². The molecule has 3 aromatic rings. The number of fused-ring (bicyclic) bond motifs is 1. The van der Waals surface area contributed by atoms with Crippen LogP contribution in [0.2, 0.25) is 0 Å². The van der Waals surface area contributed by atoms with Gasteiger partial charge in [-0.25, -0.2) is 19.6 Å². The van der Waals surface area contributed by atoms with E-state index in [-0.39, 0.29) is 66.7 Å². The number of hydrogen-bond acceptors (Lipinski definition) is 15. The van der Waals surface area contributed by atoms with Crippen LogP contribution < -0.4 is 27.2 Å². The van der Waals surface area contributed by atoms with Crippen LogP contribution in [0.4, 0.5) is 11.6 Å². The summed E-state index contributed by atoms with van der Waals surface area (Å²) in [6.45, 7) is 1.97. The number of ketones is 1. The number of aliphatic carboxylic acids is 3. The average molecular weight is 798 g/mol. The molecule has 9 N–H and O–H groups in total. The van der Waals surface area contributed by atoms with Gasteiger partial charge in [0.1, 0.15) is 17.9 Å². The van der Waals surface area contributed by atoms with Gasteiger partial charge in [-0.05, 0) is 44.0 Å². The van der Waals surface area contributed by atoms with Crippen molar-refractivity contribution in [3.8, 4) is 0 Å². The smallest absolute Gasteiger partial charge is 0.327 e. The zero-order chi connectivity index (χ0) is 41.1. The topological polar surface area (TPSA) is 334 Å². The molecule has 0 radical (unpaired) electrons. The number of imide groups is 1. The van der Waals surface area contributed by atoms with E-state index in [1.165, 1.54) is 18.3 Å². The van der Waals surface area contributed by atoms with Gasteiger partial charge in [-0.2, -0.15) is 4.98 Å². The number of benzene rings is 1. The Morgan fingerprint density at radius 1 is 0.946 bits per heavy atom. The summed E-state index contributed by atoms with van der Waals surface area (Å²) in [4.78, 5) is 126. The summed E-state index contributed by atoms with van der Waals surface area (Å²) in [5, 5.41) is 35.8. The Morgan fingerprint density at radius 2 is 1.64 bits per heavy atom. The third-order valence-electron chi connectivity index (χ3n) is 8.58. The first kappa shape index (κ1) is 42.3. The van der Waals surface area contributed by atoms with E-state index in [1.807, 2.05) is 0 Å². The molecular weight excluding hydrogens is 758 g/mol. The fourth-order valence-corrected chi connectivity index (χ4v) is 6.74. The molecule has 56 heavy (non-hydrogen) atoms. The number of nitrogen functional groups attached to an aromatic ring is 1. The van der Waals surface area contributed by atoms with Crippen molar-refractivity contribution in [2.45, 2.75) is 69.3 Å². The number of rotatable bonds is 21. The van der Waals surface area contributed by atoms with Crippen LogP contribution in [0.25, 0.3) is 11.2 Å². The van der Waals surface area contributed by atoms with Crippen LogP contribution in [-0.2, 0) is 40.1 Å². The van der Waals surface area contributed by atoms with E-state index in [0.29, 0.717) is 11.4 Å². The molecule has 4 amide bonds. The number of nitrogens with zero attached hydrogens (tertiary/aromatic N) is 4. The number of Topliss-reactive ketones (excluding diaryl/α,β-unsaturated/α-hetero) is 1. The minimum atomic E-state index is -1.49. The highest BCUT2D eigenvalue weighted by atomic mass is 32.2. The number of carboxylic acid groups (broad SMARTS) is 3. The first-order chi connectivity index (χ1) is 26.6. The van der Waals surface area contributed by atoms with Crippen LogP contribution >= 0.6 is 11.8 Å². The second-order valence-electron chi connectivity index (χ2n) is 12.6. The Morgan fingerprint density at radius 3 is 2.27 bits per heavy atom. The fraction of sp³-hybridized carbons (Fsp3) is 0.412. The highest BCUT2D eigenvalue weighted by molar-refractivity contribution is 8.00. The third kappa shape index (κ3) is 11.5. The monoisotopic (exact) mass is 797 g/mol. The molecule has 0 spiro atoms. The predicted octanol–water partition coefficient (Wildman–Crippen LogP) is -0.239. The van der Waals surface area contributed by atoms with Crippen LogP contribution in [-0.4, -0.2) is 117 Å². The Labute approximate surface area is 321 Å². The minimum absolute atomic E-state index is 0.00575.